The highest BCUT2D eigenvalue weighted by Gasteiger charge is 2.41. The smallest absolute Gasteiger partial charge is 0.311 e. The third kappa shape index (κ3) is 4.20. The zero-order valence-corrected chi connectivity index (χ0v) is 11.9. The van der Waals surface area contributed by atoms with Gasteiger partial charge < -0.3 is 16.2 Å². The Bertz CT molecular complexity index is 323. The number of nitrogens with two attached hydrogens (primary N) is 1. The molecule has 0 heterocycles. The lowest BCUT2D eigenvalue weighted by Crippen LogP contribution is -2.49. The van der Waals surface area contributed by atoms with Crippen LogP contribution in [-0.2, 0) is 9.59 Å². The summed E-state index contributed by atoms with van der Waals surface area (Å²) < 4.78 is 0. The van der Waals surface area contributed by atoms with Crippen LogP contribution in [0.4, 0.5) is 0 Å². The SMILES string of the molecule is CCCC(N)C(=O)NCC1(C(=O)O)CCC(C)CC1. The molecule has 0 bridgehead atoms. The van der Waals surface area contributed by atoms with E-state index in [0.717, 1.165) is 19.3 Å². The molecular weight excluding hydrogens is 244 g/mol. The van der Waals surface area contributed by atoms with Gasteiger partial charge in [0.1, 0.15) is 0 Å². The van der Waals surface area contributed by atoms with Gasteiger partial charge in [-0.1, -0.05) is 20.3 Å². The lowest BCUT2D eigenvalue weighted by atomic mass is 9.71. The molecule has 0 aliphatic heterocycles. The lowest BCUT2D eigenvalue weighted by molar-refractivity contribution is -0.151. The second kappa shape index (κ2) is 6.89. The summed E-state index contributed by atoms with van der Waals surface area (Å²) in [5.74, 6) is -0.463. The molecule has 110 valence electrons. The predicted molar refractivity (Wildman–Crippen MR) is 73.6 cm³/mol. The molecule has 0 saturated heterocycles. The van der Waals surface area contributed by atoms with Gasteiger partial charge in [-0.3, -0.25) is 9.59 Å². The Labute approximate surface area is 114 Å². The van der Waals surface area contributed by atoms with Crippen molar-refractivity contribution >= 4 is 11.9 Å². The van der Waals surface area contributed by atoms with Crippen LogP contribution in [0.5, 0.6) is 0 Å². The van der Waals surface area contributed by atoms with Crippen LogP contribution >= 0.6 is 0 Å². The van der Waals surface area contributed by atoms with E-state index in [2.05, 4.69) is 12.2 Å². The van der Waals surface area contributed by atoms with Crippen molar-refractivity contribution in [2.24, 2.45) is 17.1 Å². The van der Waals surface area contributed by atoms with Crippen molar-refractivity contribution < 1.29 is 14.7 Å². The van der Waals surface area contributed by atoms with Gasteiger partial charge in [-0.2, -0.15) is 0 Å². The standard InChI is InChI=1S/C14H26N2O3/c1-3-4-11(15)12(17)16-9-14(13(18)19)7-5-10(2)6-8-14/h10-11H,3-9,15H2,1-2H3,(H,16,17)(H,18,19). The number of amides is 1. The van der Waals surface area contributed by atoms with Crippen LogP contribution in [0.1, 0.15) is 52.4 Å². The maximum atomic E-state index is 11.8. The Morgan fingerprint density at radius 1 is 1.42 bits per heavy atom. The van der Waals surface area contributed by atoms with Crippen LogP contribution in [0, 0.1) is 11.3 Å². The molecule has 5 heteroatoms. The average Bonchev–Trinajstić information content (AvgIpc) is 2.38. The average molecular weight is 270 g/mol. The molecule has 1 fully saturated rings. The van der Waals surface area contributed by atoms with E-state index < -0.39 is 17.4 Å². The Balaban J connectivity index is 2.56. The largest absolute Gasteiger partial charge is 0.481 e. The van der Waals surface area contributed by atoms with E-state index >= 15 is 0 Å². The first-order valence-electron chi connectivity index (χ1n) is 7.18. The summed E-state index contributed by atoms with van der Waals surface area (Å²) in [6.07, 6.45) is 4.55. The van der Waals surface area contributed by atoms with E-state index in [1.807, 2.05) is 6.92 Å². The van der Waals surface area contributed by atoms with Gasteiger partial charge in [0, 0.05) is 6.54 Å². The van der Waals surface area contributed by atoms with E-state index in [1.54, 1.807) is 0 Å². The minimum Gasteiger partial charge on any atom is -0.481 e. The normalized spacial score (nSPS) is 28.7. The van der Waals surface area contributed by atoms with Gasteiger partial charge in [0.05, 0.1) is 11.5 Å². The fourth-order valence-corrected chi connectivity index (χ4v) is 2.61. The second-order valence-corrected chi connectivity index (χ2v) is 5.88. The molecule has 1 aliphatic carbocycles. The summed E-state index contributed by atoms with van der Waals surface area (Å²) in [4.78, 5) is 23.3. The molecule has 19 heavy (non-hydrogen) atoms. The summed E-state index contributed by atoms with van der Waals surface area (Å²) >= 11 is 0. The van der Waals surface area contributed by atoms with Crippen molar-refractivity contribution in [1.82, 2.24) is 5.32 Å². The van der Waals surface area contributed by atoms with Crippen molar-refractivity contribution in [3.63, 3.8) is 0 Å². The highest BCUT2D eigenvalue weighted by molar-refractivity contribution is 5.82. The van der Waals surface area contributed by atoms with Crippen LogP contribution in [0.2, 0.25) is 0 Å². The minimum atomic E-state index is -0.802. The zero-order valence-electron chi connectivity index (χ0n) is 11.9. The fourth-order valence-electron chi connectivity index (χ4n) is 2.61. The number of carboxylic acid groups (broad SMARTS) is 1. The number of rotatable bonds is 6. The van der Waals surface area contributed by atoms with E-state index in [-0.39, 0.29) is 12.5 Å². The maximum absolute atomic E-state index is 11.8. The fraction of sp³-hybridized carbons (Fsp3) is 0.857. The number of carboxylic acids is 1. The zero-order chi connectivity index (χ0) is 14.5. The molecule has 0 spiro atoms. The van der Waals surface area contributed by atoms with Crippen molar-refractivity contribution in [3.05, 3.63) is 0 Å². The highest BCUT2D eigenvalue weighted by Crippen LogP contribution is 2.38. The van der Waals surface area contributed by atoms with Gasteiger partial charge in [-0.05, 0) is 38.0 Å². The number of nitrogens with one attached hydrogen (secondary N) is 1. The van der Waals surface area contributed by atoms with E-state index in [4.69, 9.17) is 5.73 Å². The first kappa shape index (κ1) is 16.0. The number of aliphatic carboxylic acids is 1. The van der Waals surface area contributed by atoms with Gasteiger partial charge in [0.25, 0.3) is 0 Å². The third-order valence-corrected chi connectivity index (χ3v) is 4.22. The maximum Gasteiger partial charge on any atom is 0.311 e. The molecule has 0 aromatic carbocycles. The highest BCUT2D eigenvalue weighted by atomic mass is 16.4. The summed E-state index contributed by atoms with van der Waals surface area (Å²) in [5.41, 5.74) is 4.93. The number of carbonyl (C=O) groups excluding carboxylic acids is 1. The first-order valence-corrected chi connectivity index (χ1v) is 7.18. The summed E-state index contributed by atoms with van der Waals surface area (Å²) in [7, 11) is 0. The third-order valence-electron chi connectivity index (χ3n) is 4.22. The second-order valence-electron chi connectivity index (χ2n) is 5.88. The van der Waals surface area contributed by atoms with Crippen LogP contribution < -0.4 is 11.1 Å². The Morgan fingerprint density at radius 3 is 2.47 bits per heavy atom. The van der Waals surface area contributed by atoms with Crippen LogP contribution in [0.25, 0.3) is 0 Å². The number of hydrogen-bond acceptors (Lipinski definition) is 3. The summed E-state index contributed by atoms with van der Waals surface area (Å²) in [6.45, 7) is 4.31. The molecule has 0 aromatic heterocycles. The van der Waals surface area contributed by atoms with Gasteiger partial charge >= 0.3 is 5.97 Å². The Hall–Kier alpha value is -1.10. The molecule has 1 rings (SSSR count). The molecule has 0 aromatic rings. The Kier molecular flexibility index (Phi) is 5.79. The molecule has 0 radical (unpaired) electrons. The lowest BCUT2D eigenvalue weighted by Gasteiger charge is -2.36. The van der Waals surface area contributed by atoms with E-state index in [0.29, 0.717) is 25.2 Å². The predicted octanol–water partition coefficient (Wildman–Crippen LogP) is 1.51. The van der Waals surface area contributed by atoms with Crippen LogP contribution in [-0.4, -0.2) is 29.6 Å². The molecule has 1 amide bonds. The van der Waals surface area contributed by atoms with Crippen molar-refractivity contribution in [3.8, 4) is 0 Å². The van der Waals surface area contributed by atoms with Crippen molar-refractivity contribution in [2.45, 2.75) is 58.4 Å². The van der Waals surface area contributed by atoms with E-state index in [9.17, 15) is 14.7 Å². The number of hydrogen-bond donors (Lipinski definition) is 3. The summed E-state index contributed by atoms with van der Waals surface area (Å²) in [6, 6.07) is -0.529. The quantitative estimate of drug-likeness (QED) is 0.682. The Morgan fingerprint density at radius 2 is 2.00 bits per heavy atom. The molecule has 4 N–H and O–H groups in total. The van der Waals surface area contributed by atoms with Crippen molar-refractivity contribution in [2.75, 3.05) is 6.54 Å². The molecular formula is C14H26N2O3. The topological polar surface area (TPSA) is 92.4 Å². The molecule has 1 unspecified atom stereocenters. The van der Waals surface area contributed by atoms with E-state index in [1.165, 1.54) is 0 Å². The molecule has 1 atom stereocenters. The van der Waals surface area contributed by atoms with Gasteiger partial charge in [-0.15, -0.1) is 0 Å². The van der Waals surface area contributed by atoms with Crippen LogP contribution in [0.3, 0.4) is 0 Å². The van der Waals surface area contributed by atoms with Crippen LogP contribution in [0.15, 0.2) is 0 Å². The minimum absolute atomic E-state index is 0.200. The number of carbonyl (C=O) groups is 2. The van der Waals surface area contributed by atoms with Gasteiger partial charge in [-0.25, -0.2) is 0 Å². The van der Waals surface area contributed by atoms with Crippen molar-refractivity contribution in [1.29, 1.82) is 0 Å². The molecule has 5 nitrogen and oxygen atoms in total. The summed E-state index contributed by atoms with van der Waals surface area (Å²) in [5, 5.41) is 12.2. The first-order chi connectivity index (χ1) is 8.91. The van der Waals surface area contributed by atoms with Gasteiger partial charge in [0.15, 0.2) is 0 Å². The molecule has 1 saturated carbocycles. The monoisotopic (exact) mass is 270 g/mol. The molecule has 1 aliphatic rings. The van der Waals surface area contributed by atoms with Gasteiger partial charge in [0.2, 0.25) is 5.91 Å².